The molecule has 0 radical (unpaired) electrons. The molecular formula is C7H4ClN3S. The maximum absolute atomic E-state index is 8.76. The highest BCUT2D eigenvalue weighted by atomic mass is 35.5. The summed E-state index contributed by atoms with van der Waals surface area (Å²) in [4.78, 5) is 4.80. The zero-order chi connectivity index (χ0) is 8.72. The van der Waals surface area contributed by atoms with Crippen molar-refractivity contribution in [1.82, 2.24) is 9.38 Å². The summed E-state index contributed by atoms with van der Waals surface area (Å²) in [5.41, 5.74) is 1.41. The van der Waals surface area contributed by atoms with Crippen molar-refractivity contribution in [1.29, 1.82) is 5.26 Å². The monoisotopic (exact) mass is 197 g/mol. The van der Waals surface area contributed by atoms with Crippen molar-refractivity contribution in [2.24, 2.45) is 0 Å². The summed E-state index contributed by atoms with van der Waals surface area (Å²) in [6, 6.07) is 2.02. The number of nitrogens with zero attached hydrogens (tertiary/aromatic N) is 3. The van der Waals surface area contributed by atoms with Gasteiger partial charge in [-0.3, -0.25) is 4.40 Å². The van der Waals surface area contributed by atoms with Crippen LogP contribution in [0.2, 0.25) is 5.15 Å². The Balaban J connectivity index is 2.96. The number of aromatic nitrogens is 2. The molecule has 0 aliphatic rings. The number of fused-ring (bicyclic) bond motifs is 1. The Bertz CT molecular complexity index is 476. The van der Waals surface area contributed by atoms with Crippen LogP contribution in [0.15, 0.2) is 5.38 Å². The van der Waals surface area contributed by atoms with Gasteiger partial charge in [-0.1, -0.05) is 11.6 Å². The van der Waals surface area contributed by atoms with Crippen LogP contribution in [0.25, 0.3) is 4.96 Å². The van der Waals surface area contributed by atoms with E-state index in [0.29, 0.717) is 5.69 Å². The van der Waals surface area contributed by atoms with Gasteiger partial charge in [0.05, 0.1) is 0 Å². The van der Waals surface area contributed by atoms with Gasteiger partial charge in [-0.15, -0.1) is 11.3 Å². The molecule has 3 nitrogen and oxygen atoms in total. The Morgan fingerprint density at radius 2 is 2.50 bits per heavy atom. The average Bonchev–Trinajstić information content (AvgIpc) is 2.52. The van der Waals surface area contributed by atoms with E-state index in [9.17, 15) is 0 Å². The molecule has 0 saturated heterocycles. The second kappa shape index (κ2) is 2.47. The Kier molecular flexibility index (Phi) is 1.56. The molecule has 0 amide bonds. The zero-order valence-electron chi connectivity index (χ0n) is 6.21. The van der Waals surface area contributed by atoms with E-state index in [0.717, 1.165) is 10.7 Å². The van der Waals surface area contributed by atoms with Crippen LogP contribution in [0.3, 0.4) is 0 Å². The van der Waals surface area contributed by atoms with E-state index in [2.05, 4.69) is 4.98 Å². The number of thiazole rings is 1. The Morgan fingerprint density at radius 1 is 1.75 bits per heavy atom. The summed E-state index contributed by atoms with van der Waals surface area (Å²) in [5, 5.41) is 11.0. The van der Waals surface area contributed by atoms with Crippen molar-refractivity contribution in [3.63, 3.8) is 0 Å². The van der Waals surface area contributed by atoms with Gasteiger partial charge in [-0.05, 0) is 6.92 Å². The fourth-order valence-corrected chi connectivity index (χ4v) is 2.19. The van der Waals surface area contributed by atoms with Crippen LogP contribution in [-0.2, 0) is 0 Å². The van der Waals surface area contributed by atoms with E-state index in [-0.39, 0.29) is 5.15 Å². The van der Waals surface area contributed by atoms with Crippen molar-refractivity contribution in [3.8, 4) is 6.07 Å². The highest BCUT2D eigenvalue weighted by Gasteiger charge is 2.12. The van der Waals surface area contributed by atoms with Gasteiger partial charge in [0.1, 0.15) is 6.07 Å². The molecule has 5 heteroatoms. The van der Waals surface area contributed by atoms with E-state index in [1.807, 2.05) is 18.4 Å². The standard InChI is InChI=1S/C7H4ClN3S/c1-4-3-12-7-10-6(8)5(2-9)11(4)7/h3H,1H3. The van der Waals surface area contributed by atoms with Gasteiger partial charge in [-0.25, -0.2) is 4.98 Å². The molecule has 0 unspecified atom stereocenters. The molecule has 2 heterocycles. The first-order valence-corrected chi connectivity index (χ1v) is 4.52. The molecule has 0 N–H and O–H groups in total. The molecule has 0 bridgehead atoms. The molecule has 12 heavy (non-hydrogen) atoms. The van der Waals surface area contributed by atoms with E-state index in [1.54, 1.807) is 4.40 Å². The Labute approximate surface area is 77.8 Å². The first-order valence-electron chi connectivity index (χ1n) is 3.26. The van der Waals surface area contributed by atoms with E-state index >= 15 is 0 Å². The van der Waals surface area contributed by atoms with Crippen LogP contribution in [0, 0.1) is 18.3 Å². The number of rotatable bonds is 0. The fraction of sp³-hybridized carbons (Fsp3) is 0.143. The van der Waals surface area contributed by atoms with Crippen LogP contribution in [0.4, 0.5) is 0 Å². The maximum Gasteiger partial charge on any atom is 0.196 e. The number of hydrogen-bond donors (Lipinski definition) is 0. The van der Waals surface area contributed by atoms with Crippen LogP contribution >= 0.6 is 22.9 Å². The average molecular weight is 198 g/mol. The van der Waals surface area contributed by atoms with Crippen molar-refractivity contribution in [2.45, 2.75) is 6.92 Å². The lowest BCUT2D eigenvalue weighted by Crippen LogP contribution is -1.86. The minimum atomic E-state index is 0.285. The summed E-state index contributed by atoms with van der Waals surface area (Å²) in [5.74, 6) is 0. The summed E-state index contributed by atoms with van der Waals surface area (Å²) in [6.07, 6.45) is 0. The normalized spacial score (nSPS) is 10.4. The van der Waals surface area contributed by atoms with Gasteiger partial charge in [0.15, 0.2) is 15.8 Å². The number of halogens is 1. The summed E-state index contributed by atoms with van der Waals surface area (Å²) < 4.78 is 1.76. The SMILES string of the molecule is Cc1csc2nc(Cl)c(C#N)n12. The molecule has 0 atom stereocenters. The lowest BCUT2D eigenvalue weighted by Gasteiger charge is -1.88. The van der Waals surface area contributed by atoms with Crippen LogP contribution in [-0.4, -0.2) is 9.38 Å². The van der Waals surface area contributed by atoms with Gasteiger partial charge >= 0.3 is 0 Å². The third-order valence-corrected chi connectivity index (χ3v) is 2.80. The first kappa shape index (κ1) is 7.59. The highest BCUT2D eigenvalue weighted by Crippen LogP contribution is 2.22. The molecule has 0 aliphatic heterocycles. The van der Waals surface area contributed by atoms with E-state index in [4.69, 9.17) is 16.9 Å². The maximum atomic E-state index is 8.76. The third kappa shape index (κ3) is 0.840. The molecule has 2 rings (SSSR count). The summed E-state index contributed by atoms with van der Waals surface area (Å²) >= 11 is 7.21. The van der Waals surface area contributed by atoms with Crippen molar-refractivity contribution in [2.75, 3.05) is 0 Å². The zero-order valence-corrected chi connectivity index (χ0v) is 7.78. The molecule has 2 aromatic rings. The second-order valence-electron chi connectivity index (χ2n) is 2.36. The first-order chi connectivity index (χ1) is 5.74. The molecule has 0 saturated carbocycles. The number of aryl methyl sites for hydroxylation is 1. The number of hydrogen-bond acceptors (Lipinski definition) is 3. The van der Waals surface area contributed by atoms with Crippen LogP contribution in [0.5, 0.6) is 0 Å². The number of imidazole rings is 1. The second-order valence-corrected chi connectivity index (χ2v) is 3.55. The molecule has 0 aromatic carbocycles. The number of nitriles is 1. The summed E-state index contributed by atoms with van der Waals surface area (Å²) in [6.45, 7) is 1.92. The Morgan fingerprint density at radius 3 is 3.17 bits per heavy atom. The molecule has 0 aliphatic carbocycles. The van der Waals surface area contributed by atoms with E-state index in [1.165, 1.54) is 11.3 Å². The lowest BCUT2D eigenvalue weighted by atomic mass is 10.5. The highest BCUT2D eigenvalue weighted by molar-refractivity contribution is 7.15. The summed E-state index contributed by atoms with van der Waals surface area (Å²) in [7, 11) is 0. The largest absolute Gasteiger partial charge is 0.278 e. The molecular weight excluding hydrogens is 194 g/mol. The Hall–Kier alpha value is -1.05. The molecule has 0 fully saturated rings. The molecule has 2 aromatic heterocycles. The van der Waals surface area contributed by atoms with Gasteiger partial charge in [0.25, 0.3) is 0 Å². The van der Waals surface area contributed by atoms with E-state index < -0.39 is 0 Å². The molecule has 0 spiro atoms. The van der Waals surface area contributed by atoms with Crippen molar-refractivity contribution < 1.29 is 0 Å². The van der Waals surface area contributed by atoms with Gasteiger partial charge in [-0.2, -0.15) is 5.26 Å². The minimum Gasteiger partial charge on any atom is -0.278 e. The fourth-order valence-electron chi connectivity index (χ4n) is 1.07. The predicted octanol–water partition coefficient (Wildman–Crippen LogP) is 2.23. The quantitative estimate of drug-likeness (QED) is 0.650. The van der Waals surface area contributed by atoms with Crippen LogP contribution < -0.4 is 0 Å². The third-order valence-electron chi connectivity index (χ3n) is 1.60. The molecule has 60 valence electrons. The van der Waals surface area contributed by atoms with Gasteiger partial charge < -0.3 is 0 Å². The topological polar surface area (TPSA) is 41.1 Å². The minimum absolute atomic E-state index is 0.285. The predicted molar refractivity (Wildman–Crippen MR) is 47.5 cm³/mol. The van der Waals surface area contributed by atoms with Crippen molar-refractivity contribution >= 4 is 27.9 Å². The van der Waals surface area contributed by atoms with Crippen LogP contribution in [0.1, 0.15) is 11.4 Å². The van der Waals surface area contributed by atoms with Gasteiger partial charge in [0.2, 0.25) is 0 Å². The van der Waals surface area contributed by atoms with Gasteiger partial charge in [0, 0.05) is 11.1 Å². The smallest absolute Gasteiger partial charge is 0.196 e. The lowest BCUT2D eigenvalue weighted by molar-refractivity contribution is 1.10. The van der Waals surface area contributed by atoms with Crippen molar-refractivity contribution in [3.05, 3.63) is 21.9 Å².